The minimum Gasteiger partial charge on any atom is -0.478 e. The molecular formula is C10H8FN3O2S. The van der Waals surface area contributed by atoms with E-state index in [0.717, 1.165) is 6.07 Å². The molecule has 17 heavy (non-hydrogen) atoms. The number of carboxylic acids is 1. The van der Waals surface area contributed by atoms with Crippen LogP contribution in [0.15, 0.2) is 29.7 Å². The van der Waals surface area contributed by atoms with Crippen LogP contribution in [0.2, 0.25) is 0 Å². The molecule has 2 N–H and O–H groups in total. The van der Waals surface area contributed by atoms with Crippen molar-refractivity contribution in [3.05, 3.63) is 41.5 Å². The van der Waals surface area contributed by atoms with Gasteiger partial charge in [-0.05, 0) is 17.7 Å². The average Bonchev–Trinajstić information content (AvgIpc) is 2.80. The van der Waals surface area contributed by atoms with Gasteiger partial charge in [-0.1, -0.05) is 17.8 Å². The van der Waals surface area contributed by atoms with Crippen LogP contribution in [0, 0.1) is 5.82 Å². The van der Waals surface area contributed by atoms with Crippen molar-refractivity contribution < 1.29 is 14.3 Å². The molecule has 1 aromatic heterocycles. The number of thioether (sulfide) groups is 1. The molecule has 2 aromatic rings. The molecule has 0 radical (unpaired) electrons. The van der Waals surface area contributed by atoms with Gasteiger partial charge in [0, 0.05) is 5.75 Å². The summed E-state index contributed by atoms with van der Waals surface area (Å²) in [5.74, 6) is -1.50. The lowest BCUT2D eigenvalue weighted by atomic mass is 10.1. The second-order valence-corrected chi connectivity index (χ2v) is 4.16. The van der Waals surface area contributed by atoms with Crippen LogP contribution in [0.3, 0.4) is 0 Å². The van der Waals surface area contributed by atoms with E-state index in [0.29, 0.717) is 16.5 Å². The van der Waals surface area contributed by atoms with Gasteiger partial charge in [0.15, 0.2) is 5.16 Å². The zero-order valence-corrected chi connectivity index (χ0v) is 9.37. The normalized spacial score (nSPS) is 10.4. The van der Waals surface area contributed by atoms with Crippen molar-refractivity contribution in [1.29, 1.82) is 0 Å². The predicted octanol–water partition coefficient (Wildman–Crippen LogP) is 1.93. The first kappa shape index (κ1) is 11.6. The summed E-state index contributed by atoms with van der Waals surface area (Å²) in [5.41, 5.74) is 0.394. The third-order valence-corrected chi connectivity index (χ3v) is 2.98. The number of benzene rings is 1. The Labute approximate surface area is 100 Å². The molecule has 0 aliphatic heterocycles. The summed E-state index contributed by atoms with van der Waals surface area (Å²) < 4.78 is 13.1. The molecule has 0 unspecified atom stereocenters. The van der Waals surface area contributed by atoms with Crippen LogP contribution in [-0.4, -0.2) is 26.3 Å². The first-order chi connectivity index (χ1) is 8.16. The summed E-state index contributed by atoms with van der Waals surface area (Å²) in [7, 11) is 0. The number of carboxylic acid groups (broad SMARTS) is 1. The van der Waals surface area contributed by atoms with Gasteiger partial charge in [0.2, 0.25) is 0 Å². The third-order valence-electron chi connectivity index (χ3n) is 2.03. The maximum atomic E-state index is 13.1. The fourth-order valence-corrected chi connectivity index (χ4v) is 1.96. The number of aromatic amines is 1. The second kappa shape index (κ2) is 4.96. The van der Waals surface area contributed by atoms with Gasteiger partial charge in [0.1, 0.15) is 12.1 Å². The number of aromatic nitrogens is 3. The second-order valence-electron chi connectivity index (χ2n) is 3.20. The van der Waals surface area contributed by atoms with E-state index in [4.69, 9.17) is 5.11 Å². The SMILES string of the molecule is O=C(O)c1cc(CSc2ncn[nH]2)ccc1F. The lowest BCUT2D eigenvalue weighted by Gasteiger charge is -2.02. The van der Waals surface area contributed by atoms with Crippen molar-refractivity contribution in [2.45, 2.75) is 10.9 Å². The van der Waals surface area contributed by atoms with Crippen molar-refractivity contribution in [2.75, 3.05) is 0 Å². The van der Waals surface area contributed by atoms with Crippen LogP contribution in [0.5, 0.6) is 0 Å². The van der Waals surface area contributed by atoms with Crippen LogP contribution in [0.4, 0.5) is 4.39 Å². The Morgan fingerprint density at radius 3 is 3.00 bits per heavy atom. The first-order valence-electron chi connectivity index (χ1n) is 4.66. The van der Waals surface area contributed by atoms with E-state index in [2.05, 4.69) is 15.2 Å². The largest absolute Gasteiger partial charge is 0.478 e. The Morgan fingerprint density at radius 1 is 1.53 bits per heavy atom. The van der Waals surface area contributed by atoms with E-state index in [1.54, 1.807) is 6.07 Å². The van der Waals surface area contributed by atoms with Crippen LogP contribution < -0.4 is 0 Å². The maximum Gasteiger partial charge on any atom is 0.338 e. The van der Waals surface area contributed by atoms with Gasteiger partial charge < -0.3 is 5.11 Å². The minimum atomic E-state index is -1.27. The number of nitrogens with one attached hydrogen (secondary N) is 1. The zero-order chi connectivity index (χ0) is 12.3. The van der Waals surface area contributed by atoms with E-state index in [1.807, 2.05) is 0 Å². The highest BCUT2D eigenvalue weighted by Crippen LogP contribution is 2.20. The highest BCUT2D eigenvalue weighted by molar-refractivity contribution is 7.98. The van der Waals surface area contributed by atoms with Gasteiger partial charge in [0.25, 0.3) is 0 Å². The molecule has 1 aromatic carbocycles. The smallest absolute Gasteiger partial charge is 0.338 e. The van der Waals surface area contributed by atoms with Crippen LogP contribution >= 0.6 is 11.8 Å². The van der Waals surface area contributed by atoms with Gasteiger partial charge in [-0.25, -0.2) is 14.2 Å². The molecule has 0 saturated carbocycles. The summed E-state index contributed by atoms with van der Waals surface area (Å²) in [6.07, 6.45) is 1.38. The standard InChI is InChI=1S/C10H8FN3O2S/c11-8-2-1-6(3-7(8)9(15)16)4-17-10-12-5-13-14-10/h1-3,5H,4H2,(H,15,16)(H,12,13,14). The molecule has 0 atom stereocenters. The van der Waals surface area contributed by atoms with Crippen molar-refractivity contribution in [2.24, 2.45) is 0 Å². The number of halogens is 1. The molecule has 0 spiro atoms. The van der Waals surface area contributed by atoms with Crippen LogP contribution in [-0.2, 0) is 5.75 Å². The molecule has 0 saturated heterocycles. The fourth-order valence-electron chi connectivity index (χ4n) is 1.24. The number of nitrogens with zero attached hydrogens (tertiary/aromatic N) is 2. The highest BCUT2D eigenvalue weighted by atomic mass is 32.2. The Kier molecular flexibility index (Phi) is 3.38. The van der Waals surface area contributed by atoms with Crippen molar-refractivity contribution >= 4 is 17.7 Å². The zero-order valence-electron chi connectivity index (χ0n) is 8.55. The van der Waals surface area contributed by atoms with Gasteiger partial charge >= 0.3 is 5.97 Å². The van der Waals surface area contributed by atoms with Gasteiger partial charge in [0.05, 0.1) is 5.56 Å². The summed E-state index contributed by atoms with van der Waals surface area (Å²) in [4.78, 5) is 14.6. The monoisotopic (exact) mass is 253 g/mol. The Bertz CT molecular complexity index is 530. The summed E-state index contributed by atoms with van der Waals surface area (Å²) in [6.45, 7) is 0. The maximum absolute atomic E-state index is 13.1. The van der Waals surface area contributed by atoms with Gasteiger partial charge in [-0.15, -0.1) is 0 Å². The van der Waals surface area contributed by atoms with E-state index in [9.17, 15) is 9.18 Å². The summed E-state index contributed by atoms with van der Waals surface area (Å²) in [5, 5.41) is 15.7. The van der Waals surface area contributed by atoms with E-state index in [1.165, 1.54) is 24.2 Å². The van der Waals surface area contributed by atoms with Crippen molar-refractivity contribution in [1.82, 2.24) is 15.2 Å². The van der Waals surface area contributed by atoms with Crippen LogP contribution in [0.25, 0.3) is 0 Å². The third kappa shape index (κ3) is 2.82. The van der Waals surface area contributed by atoms with Crippen molar-refractivity contribution in [3.8, 4) is 0 Å². The van der Waals surface area contributed by atoms with Gasteiger partial charge in [-0.3, -0.25) is 5.10 Å². The fraction of sp³-hybridized carbons (Fsp3) is 0.100. The molecule has 0 aliphatic carbocycles. The number of hydrogen-bond acceptors (Lipinski definition) is 4. The Balaban J connectivity index is 2.11. The molecule has 0 aliphatic rings. The molecule has 1 heterocycles. The van der Waals surface area contributed by atoms with E-state index >= 15 is 0 Å². The predicted molar refractivity (Wildman–Crippen MR) is 59.3 cm³/mol. The lowest BCUT2D eigenvalue weighted by molar-refractivity contribution is 0.0692. The molecule has 7 heteroatoms. The Hall–Kier alpha value is -1.89. The van der Waals surface area contributed by atoms with E-state index in [-0.39, 0.29) is 5.56 Å². The first-order valence-corrected chi connectivity index (χ1v) is 5.65. The van der Waals surface area contributed by atoms with Crippen molar-refractivity contribution in [3.63, 3.8) is 0 Å². The molecule has 5 nitrogen and oxygen atoms in total. The minimum absolute atomic E-state index is 0.319. The van der Waals surface area contributed by atoms with Gasteiger partial charge in [-0.2, -0.15) is 5.10 Å². The number of carbonyl (C=O) groups is 1. The topological polar surface area (TPSA) is 78.9 Å². The lowest BCUT2D eigenvalue weighted by Crippen LogP contribution is -2.01. The van der Waals surface area contributed by atoms with Crippen LogP contribution in [0.1, 0.15) is 15.9 Å². The highest BCUT2D eigenvalue weighted by Gasteiger charge is 2.11. The molecule has 0 fully saturated rings. The van der Waals surface area contributed by atoms with E-state index < -0.39 is 11.8 Å². The average molecular weight is 253 g/mol. The molecule has 0 amide bonds. The molecule has 88 valence electrons. The summed E-state index contributed by atoms with van der Waals surface area (Å²) >= 11 is 1.36. The molecular weight excluding hydrogens is 245 g/mol. The quantitative estimate of drug-likeness (QED) is 0.814. The number of H-pyrrole nitrogens is 1. The Morgan fingerprint density at radius 2 is 2.35 bits per heavy atom. The number of hydrogen-bond donors (Lipinski definition) is 2. The summed E-state index contributed by atoms with van der Waals surface area (Å²) in [6, 6.07) is 4.02. The molecule has 2 rings (SSSR count). The molecule has 0 bridgehead atoms. The number of rotatable bonds is 4. The number of aromatic carboxylic acids is 1.